The third-order valence-corrected chi connectivity index (χ3v) is 3.85. The number of fused-ring (bicyclic) bond motifs is 1. The molecular weight excluding hydrogens is 346 g/mol. The van der Waals surface area contributed by atoms with Gasteiger partial charge in [0, 0.05) is 29.2 Å². The van der Waals surface area contributed by atoms with E-state index >= 15 is 0 Å². The SMILES string of the molecule is Cc1cccc(Cc2cccc(-c3cc4ccccc4[n-]3)n2)n1.[Cu+]. The second kappa shape index (κ2) is 7.00. The fraction of sp³-hybridized carbons (Fsp3) is 0.100. The number of rotatable bonds is 3. The molecule has 0 aliphatic rings. The molecule has 0 saturated carbocycles. The van der Waals surface area contributed by atoms with Crippen LogP contribution in [0.3, 0.4) is 0 Å². The first-order valence-electron chi connectivity index (χ1n) is 7.69. The Bertz CT molecular complexity index is 942. The molecular formula is C20H16CuN3. The maximum Gasteiger partial charge on any atom is 1.00 e. The summed E-state index contributed by atoms with van der Waals surface area (Å²) < 4.78 is 0. The molecule has 0 bridgehead atoms. The summed E-state index contributed by atoms with van der Waals surface area (Å²) in [4.78, 5) is 14.0. The van der Waals surface area contributed by atoms with Gasteiger partial charge < -0.3 is 4.98 Å². The molecule has 0 N–H and O–H groups in total. The van der Waals surface area contributed by atoms with Crippen molar-refractivity contribution in [3.63, 3.8) is 0 Å². The zero-order valence-corrected chi connectivity index (χ0v) is 14.1. The van der Waals surface area contributed by atoms with Crippen molar-refractivity contribution in [2.75, 3.05) is 0 Å². The summed E-state index contributed by atoms with van der Waals surface area (Å²) in [6.07, 6.45) is 0.732. The van der Waals surface area contributed by atoms with Crippen molar-refractivity contribution >= 4 is 10.9 Å². The molecule has 4 aromatic rings. The average Bonchev–Trinajstić information content (AvgIpc) is 2.99. The van der Waals surface area contributed by atoms with E-state index in [-0.39, 0.29) is 17.1 Å². The van der Waals surface area contributed by atoms with Crippen LogP contribution in [0.25, 0.3) is 22.3 Å². The maximum atomic E-state index is 4.76. The number of benzene rings is 1. The van der Waals surface area contributed by atoms with Gasteiger partial charge in [0.05, 0.1) is 0 Å². The van der Waals surface area contributed by atoms with Crippen LogP contribution in [0.1, 0.15) is 17.1 Å². The van der Waals surface area contributed by atoms with E-state index in [9.17, 15) is 0 Å². The van der Waals surface area contributed by atoms with Crippen LogP contribution in [0.15, 0.2) is 66.7 Å². The Labute approximate surface area is 151 Å². The first-order valence-corrected chi connectivity index (χ1v) is 7.69. The third kappa shape index (κ3) is 3.40. The van der Waals surface area contributed by atoms with Crippen molar-refractivity contribution in [3.05, 3.63) is 83.8 Å². The summed E-state index contributed by atoms with van der Waals surface area (Å²) in [6.45, 7) is 2.01. The van der Waals surface area contributed by atoms with Crippen molar-refractivity contribution in [3.8, 4) is 11.4 Å². The van der Waals surface area contributed by atoms with Crippen LogP contribution in [-0.4, -0.2) is 9.97 Å². The van der Waals surface area contributed by atoms with Crippen molar-refractivity contribution in [2.24, 2.45) is 0 Å². The van der Waals surface area contributed by atoms with Crippen molar-refractivity contribution in [2.45, 2.75) is 13.3 Å². The molecule has 4 rings (SSSR count). The number of aryl methyl sites for hydroxylation is 1. The second-order valence-corrected chi connectivity index (χ2v) is 5.66. The Morgan fingerprint density at radius 3 is 2.38 bits per heavy atom. The molecule has 0 fully saturated rings. The molecule has 3 nitrogen and oxygen atoms in total. The Morgan fingerprint density at radius 1 is 0.833 bits per heavy atom. The summed E-state index contributed by atoms with van der Waals surface area (Å²) >= 11 is 0. The molecule has 1 aromatic carbocycles. The van der Waals surface area contributed by atoms with Gasteiger partial charge in [-0.05, 0) is 36.6 Å². The molecule has 24 heavy (non-hydrogen) atoms. The van der Waals surface area contributed by atoms with Gasteiger partial charge in [0.15, 0.2) is 0 Å². The summed E-state index contributed by atoms with van der Waals surface area (Å²) in [7, 11) is 0. The minimum Gasteiger partial charge on any atom is -0.656 e. The van der Waals surface area contributed by atoms with Crippen LogP contribution >= 0.6 is 0 Å². The van der Waals surface area contributed by atoms with Crippen LogP contribution in [0, 0.1) is 6.92 Å². The zero-order chi connectivity index (χ0) is 15.6. The first-order chi connectivity index (χ1) is 11.3. The molecule has 0 atom stereocenters. The molecule has 0 saturated heterocycles. The van der Waals surface area contributed by atoms with Gasteiger partial charge in [-0.3, -0.25) is 9.97 Å². The van der Waals surface area contributed by atoms with Crippen LogP contribution in [-0.2, 0) is 23.5 Å². The van der Waals surface area contributed by atoms with Gasteiger partial charge in [-0.2, -0.15) is 0 Å². The minimum absolute atomic E-state index is 0. The summed E-state index contributed by atoms with van der Waals surface area (Å²) in [6, 6.07) is 22.4. The summed E-state index contributed by atoms with van der Waals surface area (Å²) in [5.74, 6) is 0. The normalized spacial score (nSPS) is 10.5. The maximum absolute atomic E-state index is 4.76. The molecule has 0 spiro atoms. The fourth-order valence-electron chi connectivity index (χ4n) is 2.76. The number of hydrogen-bond donors (Lipinski definition) is 0. The van der Waals surface area contributed by atoms with Crippen LogP contribution in [0.4, 0.5) is 0 Å². The van der Waals surface area contributed by atoms with Gasteiger partial charge in [-0.15, -0.1) is 11.2 Å². The second-order valence-electron chi connectivity index (χ2n) is 5.66. The number of aromatic nitrogens is 3. The average molecular weight is 362 g/mol. The molecule has 0 radical (unpaired) electrons. The van der Waals surface area contributed by atoms with Gasteiger partial charge in [0.2, 0.25) is 0 Å². The van der Waals surface area contributed by atoms with Gasteiger partial charge in [0.25, 0.3) is 0 Å². The van der Waals surface area contributed by atoms with E-state index < -0.39 is 0 Å². The smallest absolute Gasteiger partial charge is 0.656 e. The van der Waals surface area contributed by atoms with E-state index in [1.165, 1.54) is 0 Å². The van der Waals surface area contributed by atoms with E-state index in [4.69, 9.17) is 4.98 Å². The molecule has 3 aromatic heterocycles. The topological polar surface area (TPSA) is 39.9 Å². The minimum atomic E-state index is 0. The van der Waals surface area contributed by atoms with Crippen molar-refractivity contribution in [1.29, 1.82) is 0 Å². The van der Waals surface area contributed by atoms with E-state index in [0.717, 1.165) is 45.8 Å². The summed E-state index contributed by atoms with van der Waals surface area (Å²) in [5, 5.41) is 1.15. The van der Waals surface area contributed by atoms with Crippen molar-refractivity contribution < 1.29 is 17.1 Å². The standard InChI is InChI=1S/C20H16N3.Cu/c1-14-6-4-8-16(21-14)13-17-9-5-11-19(22-17)20-12-15-7-2-3-10-18(15)23-20;/h2-12H,13H2,1H3;/q-1;+1. The molecule has 0 aliphatic heterocycles. The summed E-state index contributed by atoms with van der Waals surface area (Å²) in [5.41, 5.74) is 5.91. The number of pyridine rings is 2. The predicted octanol–water partition coefficient (Wildman–Crippen LogP) is 4.15. The Hall–Kier alpha value is -2.42. The number of nitrogens with zero attached hydrogens (tertiary/aromatic N) is 3. The number of hydrogen-bond acceptors (Lipinski definition) is 2. The van der Waals surface area contributed by atoms with Gasteiger partial charge in [-0.1, -0.05) is 42.5 Å². The first kappa shape index (κ1) is 16.4. The Morgan fingerprint density at radius 2 is 1.58 bits per heavy atom. The van der Waals surface area contributed by atoms with Gasteiger partial charge >= 0.3 is 17.1 Å². The Balaban J connectivity index is 0.00000169. The van der Waals surface area contributed by atoms with E-state index in [2.05, 4.69) is 22.1 Å². The van der Waals surface area contributed by atoms with Gasteiger partial charge in [-0.25, -0.2) is 0 Å². The Kier molecular flexibility index (Phi) is 4.79. The van der Waals surface area contributed by atoms with Crippen LogP contribution in [0.2, 0.25) is 0 Å². The van der Waals surface area contributed by atoms with Crippen LogP contribution < -0.4 is 4.98 Å². The molecule has 3 heterocycles. The van der Waals surface area contributed by atoms with Crippen LogP contribution in [0.5, 0.6) is 0 Å². The molecule has 0 unspecified atom stereocenters. The third-order valence-electron chi connectivity index (χ3n) is 3.85. The zero-order valence-electron chi connectivity index (χ0n) is 13.2. The monoisotopic (exact) mass is 361 g/mol. The quantitative estimate of drug-likeness (QED) is 0.514. The fourth-order valence-corrected chi connectivity index (χ4v) is 2.76. The molecule has 0 amide bonds. The van der Waals surface area contributed by atoms with E-state index in [1.807, 2.05) is 61.5 Å². The molecule has 4 heteroatoms. The number of para-hydroxylation sites is 1. The van der Waals surface area contributed by atoms with E-state index in [0.29, 0.717) is 0 Å². The predicted molar refractivity (Wildman–Crippen MR) is 92.3 cm³/mol. The molecule has 122 valence electrons. The van der Waals surface area contributed by atoms with E-state index in [1.54, 1.807) is 0 Å². The molecule has 0 aliphatic carbocycles. The van der Waals surface area contributed by atoms with Gasteiger partial charge in [0.1, 0.15) is 0 Å². The largest absolute Gasteiger partial charge is 1.00 e. The van der Waals surface area contributed by atoms with Crippen molar-refractivity contribution in [1.82, 2.24) is 15.0 Å².